The normalized spacial score (nSPS) is 24.4. The van der Waals surface area contributed by atoms with E-state index in [9.17, 15) is 0 Å². The van der Waals surface area contributed by atoms with Crippen LogP contribution in [-0.4, -0.2) is 17.6 Å². The monoisotopic (exact) mass is 290 g/mol. The van der Waals surface area contributed by atoms with Crippen molar-refractivity contribution < 1.29 is 0 Å². The Morgan fingerprint density at radius 1 is 1.35 bits per heavy atom. The van der Waals surface area contributed by atoms with Gasteiger partial charge in [0.25, 0.3) is 0 Å². The lowest BCUT2D eigenvalue weighted by molar-refractivity contribution is 0.659. The molecule has 0 radical (unpaired) electrons. The second-order valence-corrected chi connectivity index (χ2v) is 5.63. The van der Waals surface area contributed by atoms with Crippen molar-refractivity contribution in [3.8, 4) is 0 Å². The smallest absolute Gasteiger partial charge is 0.0748 e. The van der Waals surface area contributed by atoms with Gasteiger partial charge >= 0.3 is 0 Å². The molecule has 0 saturated carbocycles. The molecule has 17 heavy (non-hydrogen) atoms. The molecule has 1 aromatic carbocycles. The molecule has 0 bridgehead atoms. The molecule has 1 fully saturated rings. The summed E-state index contributed by atoms with van der Waals surface area (Å²) in [5.74, 6) is 0.593. The van der Waals surface area contributed by atoms with Crippen LogP contribution in [-0.2, 0) is 0 Å². The molecule has 3 heteroatoms. The number of nitrogens with zero attached hydrogens (tertiary/aromatic N) is 1. The van der Waals surface area contributed by atoms with Crippen LogP contribution in [0.25, 0.3) is 10.9 Å². The first-order valence-corrected chi connectivity index (χ1v) is 6.81. The van der Waals surface area contributed by atoms with Gasteiger partial charge in [0.05, 0.1) is 5.52 Å². The molecule has 88 valence electrons. The second kappa shape index (κ2) is 4.39. The predicted octanol–water partition coefficient (Wildman–Crippen LogP) is 3.46. The summed E-state index contributed by atoms with van der Waals surface area (Å²) in [6.45, 7) is 3.31. The number of aromatic nitrogens is 1. The second-order valence-electron chi connectivity index (χ2n) is 4.78. The van der Waals surface area contributed by atoms with Crippen molar-refractivity contribution in [2.24, 2.45) is 0 Å². The molecular weight excluding hydrogens is 276 g/mol. The zero-order valence-corrected chi connectivity index (χ0v) is 11.4. The molecule has 3 rings (SSSR count). The Bertz CT molecular complexity index is 553. The summed E-state index contributed by atoms with van der Waals surface area (Å²) in [4.78, 5) is 4.55. The zero-order chi connectivity index (χ0) is 11.8. The largest absolute Gasteiger partial charge is 0.314 e. The van der Waals surface area contributed by atoms with E-state index in [1.54, 1.807) is 0 Å². The first-order valence-electron chi connectivity index (χ1n) is 6.02. The average molecular weight is 291 g/mol. The lowest BCUT2D eigenvalue weighted by Crippen LogP contribution is -2.16. The molecule has 0 amide bonds. The van der Waals surface area contributed by atoms with Crippen LogP contribution >= 0.6 is 15.9 Å². The maximum absolute atomic E-state index is 4.55. The van der Waals surface area contributed by atoms with Crippen LogP contribution in [0.3, 0.4) is 0 Å². The average Bonchev–Trinajstić information content (AvgIpc) is 2.77. The Morgan fingerprint density at radius 2 is 2.24 bits per heavy atom. The minimum Gasteiger partial charge on any atom is -0.314 e. The molecule has 1 aromatic heterocycles. The van der Waals surface area contributed by atoms with E-state index in [4.69, 9.17) is 0 Å². The molecular formula is C14H15BrN2. The number of nitrogens with one attached hydrogen (secondary N) is 1. The lowest BCUT2D eigenvalue weighted by Gasteiger charge is -2.12. The van der Waals surface area contributed by atoms with E-state index in [1.165, 1.54) is 17.4 Å². The maximum Gasteiger partial charge on any atom is 0.0748 e. The number of fused-ring (bicyclic) bond motifs is 1. The third-order valence-electron chi connectivity index (χ3n) is 3.54. The van der Waals surface area contributed by atoms with Gasteiger partial charge in [0, 0.05) is 28.6 Å². The van der Waals surface area contributed by atoms with Gasteiger partial charge in [0.15, 0.2) is 0 Å². The van der Waals surface area contributed by atoms with E-state index in [0.717, 1.165) is 16.5 Å². The van der Waals surface area contributed by atoms with Crippen molar-refractivity contribution in [2.75, 3.05) is 6.54 Å². The molecule has 2 atom stereocenters. The van der Waals surface area contributed by atoms with Crippen LogP contribution < -0.4 is 5.32 Å². The molecule has 2 unspecified atom stereocenters. The summed E-state index contributed by atoms with van der Waals surface area (Å²) in [5, 5.41) is 4.72. The van der Waals surface area contributed by atoms with Gasteiger partial charge in [-0.2, -0.15) is 0 Å². The van der Waals surface area contributed by atoms with Gasteiger partial charge in [-0.25, -0.2) is 0 Å². The summed E-state index contributed by atoms with van der Waals surface area (Å²) >= 11 is 3.60. The van der Waals surface area contributed by atoms with Crippen molar-refractivity contribution in [3.05, 3.63) is 40.5 Å². The van der Waals surface area contributed by atoms with Crippen molar-refractivity contribution in [2.45, 2.75) is 25.3 Å². The van der Waals surface area contributed by atoms with Gasteiger partial charge in [-0.15, -0.1) is 0 Å². The van der Waals surface area contributed by atoms with Crippen LogP contribution in [0, 0.1) is 0 Å². The highest BCUT2D eigenvalue weighted by Crippen LogP contribution is 2.33. The van der Waals surface area contributed by atoms with E-state index in [0.29, 0.717) is 12.0 Å². The van der Waals surface area contributed by atoms with Crippen molar-refractivity contribution in [1.29, 1.82) is 0 Å². The Morgan fingerprint density at radius 3 is 3.00 bits per heavy atom. The van der Waals surface area contributed by atoms with E-state index in [-0.39, 0.29) is 0 Å². The number of hydrogen-bond donors (Lipinski definition) is 1. The van der Waals surface area contributed by atoms with Crippen molar-refractivity contribution in [1.82, 2.24) is 10.3 Å². The topological polar surface area (TPSA) is 24.9 Å². The van der Waals surface area contributed by atoms with Gasteiger partial charge in [0.1, 0.15) is 0 Å². The highest BCUT2D eigenvalue weighted by molar-refractivity contribution is 9.10. The van der Waals surface area contributed by atoms with Gasteiger partial charge < -0.3 is 5.32 Å². The SMILES string of the molecule is CC1CC(c2ccc(Br)c3cccnc23)CN1. The van der Waals surface area contributed by atoms with E-state index in [1.807, 2.05) is 12.3 Å². The first kappa shape index (κ1) is 11.2. The number of pyridine rings is 1. The standard InChI is InChI=1S/C14H15BrN2/c1-9-7-10(8-17-9)11-4-5-13(15)12-3-2-6-16-14(11)12/h2-6,9-10,17H,7-8H2,1H3. The van der Waals surface area contributed by atoms with E-state index < -0.39 is 0 Å². The number of hydrogen-bond acceptors (Lipinski definition) is 2. The number of halogens is 1. The zero-order valence-electron chi connectivity index (χ0n) is 9.78. The highest BCUT2D eigenvalue weighted by atomic mass is 79.9. The number of benzene rings is 1. The highest BCUT2D eigenvalue weighted by Gasteiger charge is 2.24. The Hall–Kier alpha value is -0.930. The van der Waals surface area contributed by atoms with Crippen molar-refractivity contribution >= 4 is 26.8 Å². The fraction of sp³-hybridized carbons (Fsp3) is 0.357. The minimum atomic E-state index is 0.593. The third kappa shape index (κ3) is 1.98. The van der Waals surface area contributed by atoms with E-state index in [2.05, 4.69) is 51.4 Å². The maximum atomic E-state index is 4.55. The third-order valence-corrected chi connectivity index (χ3v) is 4.23. The summed E-state index contributed by atoms with van der Waals surface area (Å²) in [6.07, 6.45) is 3.08. The van der Waals surface area contributed by atoms with Gasteiger partial charge in [0.2, 0.25) is 0 Å². The molecule has 2 heterocycles. The predicted molar refractivity (Wildman–Crippen MR) is 74.3 cm³/mol. The Kier molecular flexibility index (Phi) is 2.89. The van der Waals surface area contributed by atoms with Gasteiger partial charge in [-0.1, -0.05) is 28.1 Å². The molecule has 1 aliphatic rings. The summed E-state index contributed by atoms with van der Waals surface area (Å²) in [5.41, 5.74) is 2.52. The van der Waals surface area contributed by atoms with Crippen molar-refractivity contribution in [3.63, 3.8) is 0 Å². The quantitative estimate of drug-likeness (QED) is 0.870. The summed E-state index contributed by atoms with van der Waals surface area (Å²) in [6, 6.07) is 9.09. The van der Waals surface area contributed by atoms with Crippen LogP contribution in [0.2, 0.25) is 0 Å². The fourth-order valence-electron chi connectivity index (χ4n) is 2.66. The molecule has 2 nitrogen and oxygen atoms in total. The molecule has 0 spiro atoms. The van der Waals surface area contributed by atoms with Gasteiger partial charge in [-0.05, 0) is 37.0 Å². The summed E-state index contributed by atoms with van der Waals surface area (Å²) in [7, 11) is 0. The summed E-state index contributed by atoms with van der Waals surface area (Å²) < 4.78 is 1.13. The molecule has 1 aliphatic heterocycles. The molecule has 2 aromatic rings. The lowest BCUT2D eigenvalue weighted by atomic mass is 9.94. The molecule has 0 aliphatic carbocycles. The molecule has 1 saturated heterocycles. The first-order chi connectivity index (χ1) is 8.25. The molecule has 1 N–H and O–H groups in total. The van der Waals surface area contributed by atoms with Crippen LogP contribution in [0.1, 0.15) is 24.8 Å². The van der Waals surface area contributed by atoms with E-state index >= 15 is 0 Å². The Labute approximate surface area is 110 Å². The Balaban J connectivity index is 2.14. The minimum absolute atomic E-state index is 0.593. The van der Waals surface area contributed by atoms with Crippen LogP contribution in [0.5, 0.6) is 0 Å². The van der Waals surface area contributed by atoms with Crippen LogP contribution in [0.15, 0.2) is 34.9 Å². The number of rotatable bonds is 1. The van der Waals surface area contributed by atoms with Crippen LogP contribution in [0.4, 0.5) is 0 Å². The fourth-order valence-corrected chi connectivity index (χ4v) is 3.12. The van der Waals surface area contributed by atoms with Gasteiger partial charge in [-0.3, -0.25) is 4.98 Å².